The third-order valence-corrected chi connectivity index (χ3v) is 2.46. The van der Waals surface area contributed by atoms with Gasteiger partial charge in [0, 0.05) is 7.11 Å². The van der Waals surface area contributed by atoms with Gasteiger partial charge in [0.15, 0.2) is 0 Å². The van der Waals surface area contributed by atoms with Gasteiger partial charge in [-0.3, -0.25) is 4.79 Å². The van der Waals surface area contributed by atoms with Crippen molar-refractivity contribution in [2.75, 3.05) is 25.8 Å². The van der Waals surface area contributed by atoms with Gasteiger partial charge in [-0.2, -0.15) is 10.1 Å². The molecular formula is C12H14N2O3. The van der Waals surface area contributed by atoms with E-state index in [0.717, 1.165) is 5.71 Å². The number of rotatable bonds is 4. The number of nitrogens with zero attached hydrogens (tertiary/aromatic N) is 2. The fourth-order valence-electron chi connectivity index (χ4n) is 1.72. The van der Waals surface area contributed by atoms with Gasteiger partial charge in [-0.05, 0) is 12.1 Å². The van der Waals surface area contributed by atoms with Crippen molar-refractivity contribution in [1.82, 2.24) is 0 Å². The van der Waals surface area contributed by atoms with Gasteiger partial charge in [-0.1, -0.05) is 12.1 Å². The lowest BCUT2D eigenvalue weighted by Crippen LogP contribution is -2.20. The summed E-state index contributed by atoms with van der Waals surface area (Å²) in [6.45, 7) is 0.372. The first kappa shape index (κ1) is 11.6. The van der Waals surface area contributed by atoms with Crippen LogP contribution in [0.15, 0.2) is 29.4 Å². The normalized spacial score (nSPS) is 15.1. The van der Waals surface area contributed by atoms with E-state index in [4.69, 9.17) is 9.47 Å². The summed E-state index contributed by atoms with van der Waals surface area (Å²) in [4.78, 5) is 11.8. The zero-order valence-electron chi connectivity index (χ0n) is 9.84. The van der Waals surface area contributed by atoms with Crippen LogP contribution in [0.4, 0.5) is 5.69 Å². The molecule has 0 aliphatic carbocycles. The Labute approximate surface area is 99.6 Å². The predicted molar refractivity (Wildman–Crippen MR) is 64.4 cm³/mol. The fourth-order valence-corrected chi connectivity index (χ4v) is 1.72. The van der Waals surface area contributed by atoms with E-state index in [1.807, 2.05) is 12.1 Å². The molecule has 90 valence electrons. The molecule has 0 bridgehead atoms. The minimum absolute atomic E-state index is 0.0680. The van der Waals surface area contributed by atoms with E-state index in [1.54, 1.807) is 26.4 Å². The number of ether oxygens (including phenoxy) is 2. The molecule has 0 aromatic heterocycles. The first-order valence-electron chi connectivity index (χ1n) is 5.27. The van der Waals surface area contributed by atoms with Crippen molar-refractivity contribution < 1.29 is 14.3 Å². The maximum Gasteiger partial charge on any atom is 0.253 e. The van der Waals surface area contributed by atoms with E-state index in [1.165, 1.54) is 5.01 Å². The molecule has 1 aromatic rings. The zero-order valence-corrected chi connectivity index (χ0v) is 9.84. The SMILES string of the molecule is COCC1=NN(c2ccccc2OC)C(=O)C1. The van der Waals surface area contributed by atoms with Gasteiger partial charge in [0.05, 0.1) is 25.8 Å². The molecule has 0 spiro atoms. The maximum atomic E-state index is 11.8. The Kier molecular flexibility index (Phi) is 3.39. The van der Waals surface area contributed by atoms with Crippen molar-refractivity contribution in [1.29, 1.82) is 0 Å². The topological polar surface area (TPSA) is 51.1 Å². The average Bonchev–Trinajstić information content (AvgIpc) is 2.70. The first-order valence-corrected chi connectivity index (χ1v) is 5.27. The number of hydrogen-bond acceptors (Lipinski definition) is 4. The highest BCUT2D eigenvalue weighted by molar-refractivity contribution is 6.13. The largest absolute Gasteiger partial charge is 0.494 e. The van der Waals surface area contributed by atoms with Crippen molar-refractivity contribution in [2.24, 2.45) is 5.10 Å². The molecule has 1 heterocycles. The first-order chi connectivity index (χ1) is 8.26. The molecule has 5 heteroatoms. The number of methoxy groups -OCH3 is 2. The summed E-state index contributed by atoms with van der Waals surface area (Å²) in [5.74, 6) is 0.560. The van der Waals surface area contributed by atoms with E-state index in [0.29, 0.717) is 24.5 Å². The Balaban J connectivity index is 2.30. The molecule has 1 aliphatic heterocycles. The van der Waals surface area contributed by atoms with Crippen LogP contribution < -0.4 is 9.75 Å². The lowest BCUT2D eigenvalue weighted by atomic mass is 10.2. The minimum Gasteiger partial charge on any atom is -0.494 e. The quantitative estimate of drug-likeness (QED) is 0.792. The Morgan fingerprint density at radius 2 is 2.12 bits per heavy atom. The Morgan fingerprint density at radius 3 is 2.82 bits per heavy atom. The molecule has 0 unspecified atom stereocenters. The number of para-hydroxylation sites is 2. The van der Waals surface area contributed by atoms with Gasteiger partial charge in [0.1, 0.15) is 11.4 Å². The average molecular weight is 234 g/mol. The van der Waals surface area contributed by atoms with E-state index in [-0.39, 0.29) is 5.91 Å². The molecule has 0 fully saturated rings. The lowest BCUT2D eigenvalue weighted by molar-refractivity contribution is -0.116. The molecule has 0 atom stereocenters. The molecule has 0 radical (unpaired) electrons. The third-order valence-electron chi connectivity index (χ3n) is 2.46. The van der Waals surface area contributed by atoms with Crippen molar-refractivity contribution in [3.05, 3.63) is 24.3 Å². The molecule has 0 N–H and O–H groups in total. The van der Waals surface area contributed by atoms with Gasteiger partial charge in [-0.15, -0.1) is 0 Å². The van der Waals surface area contributed by atoms with Gasteiger partial charge >= 0.3 is 0 Å². The predicted octanol–water partition coefficient (Wildman–Crippen LogP) is 1.43. The molecule has 1 aliphatic rings. The molecule has 0 saturated carbocycles. The number of carbonyl (C=O) groups excluding carboxylic acids is 1. The van der Waals surface area contributed by atoms with Crippen molar-refractivity contribution in [3.8, 4) is 5.75 Å². The fraction of sp³-hybridized carbons (Fsp3) is 0.333. The van der Waals surface area contributed by atoms with Gasteiger partial charge in [-0.25, -0.2) is 0 Å². The number of hydrazone groups is 1. The van der Waals surface area contributed by atoms with Crippen molar-refractivity contribution in [2.45, 2.75) is 6.42 Å². The minimum atomic E-state index is -0.0680. The molecule has 17 heavy (non-hydrogen) atoms. The summed E-state index contributed by atoms with van der Waals surface area (Å²) in [5, 5.41) is 5.60. The highest BCUT2D eigenvalue weighted by Crippen LogP contribution is 2.30. The Bertz CT molecular complexity index is 457. The monoisotopic (exact) mass is 234 g/mol. The number of hydrogen-bond donors (Lipinski definition) is 0. The van der Waals surface area contributed by atoms with Crippen molar-refractivity contribution in [3.63, 3.8) is 0 Å². The highest BCUT2D eigenvalue weighted by atomic mass is 16.5. The number of benzene rings is 1. The number of anilines is 1. The van der Waals surface area contributed by atoms with E-state index < -0.39 is 0 Å². The maximum absolute atomic E-state index is 11.8. The van der Waals surface area contributed by atoms with Gasteiger partial charge in [0.25, 0.3) is 5.91 Å². The summed E-state index contributed by atoms with van der Waals surface area (Å²) in [7, 11) is 3.15. The molecule has 1 amide bonds. The summed E-state index contributed by atoms with van der Waals surface area (Å²) >= 11 is 0. The molecular weight excluding hydrogens is 220 g/mol. The van der Waals surface area contributed by atoms with Gasteiger partial charge < -0.3 is 9.47 Å². The summed E-state index contributed by atoms with van der Waals surface area (Å²) in [6, 6.07) is 7.29. The molecule has 1 aromatic carbocycles. The second-order valence-corrected chi connectivity index (χ2v) is 3.65. The van der Waals surface area contributed by atoms with Crippen LogP contribution in [0.25, 0.3) is 0 Å². The number of carbonyl (C=O) groups is 1. The smallest absolute Gasteiger partial charge is 0.253 e. The van der Waals surface area contributed by atoms with E-state index in [2.05, 4.69) is 5.10 Å². The van der Waals surface area contributed by atoms with Crippen LogP contribution in [0.5, 0.6) is 5.75 Å². The lowest BCUT2D eigenvalue weighted by Gasteiger charge is -2.14. The van der Waals surface area contributed by atoms with Gasteiger partial charge in [0.2, 0.25) is 0 Å². The van der Waals surface area contributed by atoms with Crippen LogP contribution in [-0.4, -0.2) is 32.4 Å². The summed E-state index contributed by atoms with van der Waals surface area (Å²) in [6.07, 6.45) is 0.298. The second-order valence-electron chi connectivity index (χ2n) is 3.65. The van der Waals surface area contributed by atoms with Crippen LogP contribution in [0, 0.1) is 0 Å². The second kappa shape index (κ2) is 4.97. The Morgan fingerprint density at radius 1 is 1.35 bits per heavy atom. The molecule has 5 nitrogen and oxygen atoms in total. The molecule has 2 rings (SSSR count). The molecule has 0 saturated heterocycles. The van der Waals surface area contributed by atoms with Crippen LogP contribution >= 0.6 is 0 Å². The van der Waals surface area contributed by atoms with E-state index in [9.17, 15) is 4.79 Å². The van der Waals surface area contributed by atoms with Crippen LogP contribution in [0.1, 0.15) is 6.42 Å². The van der Waals surface area contributed by atoms with Crippen LogP contribution in [0.2, 0.25) is 0 Å². The highest BCUT2D eigenvalue weighted by Gasteiger charge is 2.26. The van der Waals surface area contributed by atoms with Crippen LogP contribution in [-0.2, 0) is 9.53 Å². The van der Waals surface area contributed by atoms with E-state index >= 15 is 0 Å². The number of amides is 1. The summed E-state index contributed by atoms with van der Waals surface area (Å²) in [5.41, 5.74) is 1.38. The van der Waals surface area contributed by atoms with Crippen LogP contribution in [0.3, 0.4) is 0 Å². The summed E-state index contributed by atoms with van der Waals surface area (Å²) < 4.78 is 10.2. The standard InChI is InChI=1S/C12H14N2O3/c1-16-8-9-7-12(15)14(13-9)10-5-3-4-6-11(10)17-2/h3-6H,7-8H2,1-2H3. The van der Waals surface area contributed by atoms with Crippen molar-refractivity contribution >= 4 is 17.3 Å². The third kappa shape index (κ3) is 2.29. The zero-order chi connectivity index (χ0) is 12.3. The Hall–Kier alpha value is -1.88.